The predicted octanol–water partition coefficient (Wildman–Crippen LogP) is 0.783. The summed E-state index contributed by atoms with van der Waals surface area (Å²) in [5.74, 6) is -1.57. The normalized spacial score (nSPS) is 13.6. The lowest BCUT2D eigenvalue weighted by Crippen LogP contribution is -2.42. The number of nitrogens with one attached hydrogen (secondary N) is 1. The van der Waals surface area contributed by atoms with Gasteiger partial charge in [-0.2, -0.15) is 0 Å². The number of carboxylic acid groups (broad SMARTS) is 1. The maximum absolute atomic E-state index is 11.7. The fourth-order valence-corrected chi connectivity index (χ4v) is 1.63. The van der Waals surface area contributed by atoms with Gasteiger partial charge < -0.3 is 16.2 Å². The molecule has 0 heterocycles. The molecule has 0 aromatic heterocycles. The Balaban J connectivity index is 2.31. The largest absolute Gasteiger partial charge is 0.481 e. The second-order valence-electron chi connectivity index (χ2n) is 4.62. The van der Waals surface area contributed by atoms with Crippen molar-refractivity contribution in [1.29, 1.82) is 0 Å². The Kier molecular flexibility index (Phi) is 6.02. The Morgan fingerprint density at radius 2 is 1.95 bits per heavy atom. The molecule has 0 spiro atoms. The van der Waals surface area contributed by atoms with Gasteiger partial charge in [0.25, 0.3) is 0 Å². The number of carbonyl (C=O) groups excluding carboxylic acids is 1. The molecule has 2 atom stereocenters. The molecular weight excluding hydrogens is 244 g/mol. The Labute approximate surface area is 112 Å². The summed E-state index contributed by atoms with van der Waals surface area (Å²) in [5.41, 5.74) is 6.80. The van der Waals surface area contributed by atoms with Crippen LogP contribution in [0.15, 0.2) is 30.3 Å². The van der Waals surface area contributed by atoms with E-state index >= 15 is 0 Å². The van der Waals surface area contributed by atoms with Gasteiger partial charge in [-0.1, -0.05) is 37.3 Å². The summed E-state index contributed by atoms with van der Waals surface area (Å²) in [7, 11) is 0. The lowest BCUT2D eigenvalue weighted by atomic mass is 10.1. The standard InChI is InChI=1S/C14H20N2O3/c1-10(14(18)19)7-8-16-13(17)12(15)9-11-5-3-2-4-6-11/h2-6,10,12H,7-9,15H2,1H3,(H,16,17)(H,18,19)/t10?,12-/m1/s1. The van der Waals surface area contributed by atoms with Gasteiger partial charge in [0, 0.05) is 6.54 Å². The number of carboxylic acids is 1. The van der Waals surface area contributed by atoms with Crippen LogP contribution in [0.1, 0.15) is 18.9 Å². The highest BCUT2D eigenvalue weighted by atomic mass is 16.4. The molecule has 1 amide bonds. The number of hydrogen-bond donors (Lipinski definition) is 3. The maximum atomic E-state index is 11.7. The average Bonchev–Trinajstić information content (AvgIpc) is 2.39. The van der Waals surface area contributed by atoms with Crippen LogP contribution in [0.5, 0.6) is 0 Å². The van der Waals surface area contributed by atoms with Crippen molar-refractivity contribution in [3.63, 3.8) is 0 Å². The van der Waals surface area contributed by atoms with E-state index < -0.39 is 17.9 Å². The molecule has 5 nitrogen and oxygen atoms in total. The zero-order valence-corrected chi connectivity index (χ0v) is 11.0. The smallest absolute Gasteiger partial charge is 0.306 e. The van der Waals surface area contributed by atoms with Crippen molar-refractivity contribution in [3.8, 4) is 0 Å². The van der Waals surface area contributed by atoms with E-state index in [4.69, 9.17) is 10.8 Å². The molecule has 104 valence electrons. The molecule has 0 radical (unpaired) electrons. The zero-order chi connectivity index (χ0) is 14.3. The highest BCUT2D eigenvalue weighted by Crippen LogP contribution is 2.03. The van der Waals surface area contributed by atoms with Crippen LogP contribution in [0, 0.1) is 5.92 Å². The second-order valence-corrected chi connectivity index (χ2v) is 4.62. The van der Waals surface area contributed by atoms with Crippen molar-refractivity contribution in [2.75, 3.05) is 6.54 Å². The van der Waals surface area contributed by atoms with Gasteiger partial charge in [0.05, 0.1) is 12.0 Å². The minimum Gasteiger partial charge on any atom is -0.481 e. The molecule has 0 bridgehead atoms. The molecule has 0 aliphatic carbocycles. The minimum atomic E-state index is -0.858. The summed E-state index contributed by atoms with van der Waals surface area (Å²) < 4.78 is 0. The Bertz CT molecular complexity index is 420. The van der Waals surface area contributed by atoms with E-state index in [1.807, 2.05) is 30.3 Å². The van der Waals surface area contributed by atoms with Crippen LogP contribution in [0.25, 0.3) is 0 Å². The van der Waals surface area contributed by atoms with E-state index in [-0.39, 0.29) is 5.91 Å². The Morgan fingerprint density at radius 3 is 2.53 bits per heavy atom. The van der Waals surface area contributed by atoms with Gasteiger partial charge in [0.15, 0.2) is 0 Å². The molecule has 1 unspecified atom stereocenters. The third-order valence-electron chi connectivity index (χ3n) is 2.93. The first kappa shape index (κ1) is 15.2. The molecule has 4 N–H and O–H groups in total. The summed E-state index contributed by atoms with van der Waals surface area (Å²) in [6.45, 7) is 1.94. The van der Waals surface area contributed by atoms with Crippen molar-refractivity contribution in [2.45, 2.75) is 25.8 Å². The van der Waals surface area contributed by atoms with Gasteiger partial charge in [-0.25, -0.2) is 0 Å². The van der Waals surface area contributed by atoms with Gasteiger partial charge in [-0.05, 0) is 18.4 Å². The molecule has 0 fully saturated rings. The van der Waals surface area contributed by atoms with Crippen molar-refractivity contribution in [2.24, 2.45) is 11.7 Å². The van der Waals surface area contributed by atoms with E-state index in [0.29, 0.717) is 19.4 Å². The lowest BCUT2D eigenvalue weighted by molar-refractivity contribution is -0.141. The number of rotatable bonds is 7. The number of hydrogen-bond acceptors (Lipinski definition) is 3. The summed E-state index contributed by atoms with van der Waals surface area (Å²) in [5, 5.41) is 11.4. The van der Waals surface area contributed by atoms with Crippen LogP contribution in [0.2, 0.25) is 0 Å². The molecule has 1 aromatic carbocycles. The monoisotopic (exact) mass is 264 g/mol. The molecule has 0 aliphatic rings. The van der Waals surface area contributed by atoms with Crippen molar-refractivity contribution >= 4 is 11.9 Å². The van der Waals surface area contributed by atoms with Crippen LogP contribution in [-0.2, 0) is 16.0 Å². The summed E-state index contributed by atoms with van der Waals surface area (Å²) in [6, 6.07) is 8.92. The first-order chi connectivity index (χ1) is 9.00. The Morgan fingerprint density at radius 1 is 1.32 bits per heavy atom. The molecule has 1 aromatic rings. The quantitative estimate of drug-likeness (QED) is 0.678. The van der Waals surface area contributed by atoms with Gasteiger partial charge in [0.2, 0.25) is 5.91 Å². The van der Waals surface area contributed by atoms with Gasteiger partial charge in [-0.15, -0.1) is 0 Å². The molecule has 19 heavy (non-hydrogen) atoms. The fourth-order valence-electron chi connectivity index (χ4n) is 1.63. The van der Waals surface area contributed by atoms with Crippen molar-refractivity contribution in [3.05, 3.63) is 35.9 Å². The number of carbonyl (C=O) groups is 2. The first-order valence-electron chi connectivity index (χ1n) is 6.30. The van der Waals surface area contributed by atoms with Gasteiger partial charge in [-0.3, -0.25) is 9.59 Å². The second kappa shape index (κ2) is 7.53. The van der Waals surface area contributed by atoms with E-state index in [0.717, 1.165) is 5.56 Å². The lowest BCUT2D eigenvalue weighted by Gasteiger charge is -2.13. The van der Waals surface area contributed by atoms with Gasteiger partial charge >= 0.3 is 5.97 Å². The molecule has 0 aliphatic heterocycles. The average molecular weight is 264 g/mol. The predicted molar refractivity (Wildman–Crippen MR) is 72.5 cm³/mol. The SMILES string of the molecule is CC(CCNC(=O)[C@H](N)Cc1ccccc1)C(=O)O. The number of nitrogens with two attached hydrogens (primary N) is 1. The molecule has 1 rings (SSSR count). The molecule has 0 saturated carbocycles. The third-order valence-corrected chi connectivity index (χ3v) is 2.93. The summed E-state index contributed by atoms with van der Waals surface area (Å²) in [6.07, 6.45) is 0.875. The van der Waals surface area contributed by atoms with Crippen LogP contribution in [0.3, 0.4) is 0 Å². The molecule has 5 heteroatoms. The third kappa shape index (κ3) is 5.52. The van der Waals surface area contributed by atoms with Crippen molar-refractivity contribution < 1.29 is 14.7 Å². The summed E-state index contributed by atoms with van der Waals surface area (Å²) in [4.78, 5) is 22.3. The van der Waals surface area contributed by atoms with Gasteiger partial charge in [0.1, 0.15) is 0 Å². The van der Waals surface area contributed by atoms with Crippen LogP contribution < -0.4 is 11.1 Å². The number of benzene rings is 1. The topological polar surface area (TPSA) is 92.4 Å². The number of aliphatic carboxylic acids is 1. The van der Waals surface area contributed by atoms with Crippen LogP contribution in [-0.4, -0.2) is 29.6 Å². The summed E-state index contributed by atoms with van der Waals surface area (Å²) >= 11 is 0. The zero-order valence-electron chi connectivity index (χ0n) is 11.0. The molecular formula is C14H20N2O3. The number of amides is 1. The van der Waals surface area contributed by atoms with Crippen molar-refractivity contribution in [1.82, 2.24) is 5.32 Å². The first-order valence-corrected chi connectivity index (χ1v) is 6.30. The highest BCUT2D eigenvalue weighted by Gasteiger charge is 2.15. The highest BCUT2D eigenvalue weighted by molar-refractivity contribution is 5.81. The minimum absolute atomic E-state index is 0.249. The fraction of sp³-hybridized carbons (Fsp3) is 0.429. The van der Waals surface area contributed by atoms with E-state index in [9.17, 15) is 9.59 Å². The van der Waals surface area contributed by atoms with E-state index in [1.54, 1.807) is 6.92 Å². The van der Waals surface area contributed by atoms with Crippen LogP contribution in [0.4, 0.5) is 0 Å². The van der Waals surface area contributed by atoms with E-state index in [2.05, 4.69) is 5.32 Å². The maximum Gasteiger partial charge on any atom is 0.306 e. The molecule has 0 saturated heterocycles. The van der Waals surface area contributed by atoms with E-state index in [1.165, 1.54) is 0 Å². The van der Waals surface area contributed by atoms with Crippen LogP contribution >= 0.6 is 0 Å². The Hall–Kier alpha value is -1.88.